The fourth-order valence-electron chi connectivity index (χ4n) is 2.59. The summed E-state index contributed by atoms with van der Waals surface area (Å²) in [6.45, 7) is 8.43. The number of carbonyl (C=O) groups excluding carboxylic acids is 1. The van der Waals surface area contributed by atoms with Gasteiger partial charge in [-0.1, -0.05) is 0 Å². The first-order chi connectivity index (χ1) is 8.27. The number of hydrogen-bond donors (Lipinski definition) is 2. The lowest BCUT2D eigenvalue weighted by Crippen LogP contribution is -2.60. The fraction of sp³-hybridized carbons (Fsp3) is 0.923. The van der Waals surface area contributed by atoms with Crippen molar-refractivity contribution in [1.82, 2.24) is 10.2 Å². The second-order valence-electron chi connectivity index (χ2n) is 6.61. The second kappa shape index (κ2) is 4.70. The number of nitrogens with zero attached hydrogens (tertiary/aromatic N) is 1. The molecule has 1 atom stereocenters. The molecule has 1 amide bonds. The smallest absolute Gasteiger partial charge is 0.410 e. The summed E-state index contributed by atoms with van der Waals surface area (Å²) in [5.74, 6) is 0.393. The number of carbonyl (C=O) groups is 1. The molecule has 104 valence electrons. The van der Waals surface area contributed by atoms with Crippen molar-refractivity contribution in [3.63, 3.8) is 0 Å². The number of amides is 1. The lowest BCUT2D eigenvalue weighted by atomic mass is 9.85. The molecule has 0 aromatic carbocycles. The number of ether oxygens (including phenoxy) is 1. The molecular formula is C13H24N2O3. The molecular weight excluding hydrogens is 232 g/mol. The van der Waals surface area contributed by atoms with Gasteiger partial charge in [0.05, 0.1) is 5.60 Å². The molecule has 0 aromatic heterocycles. The summed E-state index contributed by atoms with van der Waals surface area (Å²) in [6.07, 6.45) is 1.50. The third-order valence-electron chi connectivity index (χ3n) is 3.51. The molecule has 2 heterocycles. The predicted molar refractivity (Wildman–Crippen MR) is 68.4 cm³/mol. The Morgan fingerprint density at radius 1 is 1.50 bits per heavy atom. The van der Waals surface area contributed by atoms with Crippen LogP contribution in [0.3, 0.4) is 0 Å². The first-order valence-corrected chi connectivity index (χ1v) is 6.68. The summed E-state index contributed by atoms with van der Waals surface area (Å²) in [5, 5.41) is 13.2. The van der Waals surface area contributed by atoms with E-state index in [9.17, 15) is 9.90 Å². The number of aliphatic hydroxyl groups is 1. The van der Waals surface area contributed by atoms with Crippen LogP contribution in [-0.2, 0) is 4.74 Å². The first-order valence-electron chi connectivity index (χ1n) is 6.68. The molecule has 0 aliphatic carbocycles. The molecule has 2 rings (SSSR count). The molecule has 2 fully saturated rings. The Morgan fingerprint density at radius 3 is 2.67 bits per heavy atom. The van der Waals surface area contributed by atoms with Gasteiger partial charge >= 0.3 is 6.09 Å². The Balaban J connectivity index is 1.79. The van der Waals surface area contributed by atoms with E-state index < -0.39 is 11.2 Å². The van der Waals surface area contributed by atoms with Gasteiger partial charge in [-0.25, -0.2) is 4.79 Å². The summed E-state index contributed by atoms with van der Waals surface area (Å²) in [6, 6.07) is 0. The van der Waals surface area contributed by atoms with E-state index >= 15 is 0 Å². The highest BCUT2D eigenvalue weighted by atomic mass is 16.6. The van der Waals surface area contributed by atoms with Gasteiger partial charge in [0.15, 0.2) is 0 Å². The maximum Gasteiger partial charge on any atom is 0.410 e. The Kier molecular flexibility index (Phi) is 3.56. The van der Waals surface area contributed by atoms with E-state index in [0.717, 1.165) is 19.4 Å². The van der Waals surface area contributed by atoms with Crippen LogP contribution in [0.25, 0.3) is 0 Å². The van der Waals surface area contributed by atoms with Crippen molar-refractivity contribution in [3.8, 4) is 0 Å². The van der Waals surface area contributed by atoms with Crippen molar-refractivity contribution in [2.45, 2.75) is 44.8 Å². The van der Waals surface area contributed by atoms with Crippen LogP contribution in [0, 0.1) is 5.92 Å². The van der Waals surface area contributed by atoms with E-state index in [2.05, 4.69) is 5.32 Å². The Morgan fingerprint density at radius 2 is 2.17 bits per heavy atom. The molecule has 0 spiro atoms. The fourth-order valence-corrected chi connectivity index (χ4v) is 2.59. The van der Waals surface area contributed by atoms with Crippen molar-refractivity contribution in [3.05, 3.63) is 0 Å². The van der Waals surface area contributed by atoms with Crippen LogP contribution < -0.4 is 5.32 Å². The van der Waals surface area contributed by atoms with E-state index in [1.165, 1.54) is 0 Å². The van der Waals surface area contributed by atoms with Crippen molar-refractivity contribution in [2.75, 3.05) is 26.2 Å². The molecule has 2 N–H and O–H groups in total. The third kappa shape index (κ3) is 3.36. The maximum atomic E-state index is 11.9. The van der Waals surface area contributed by atoms with E-state index in [4.69, 9.17) is 4.74 Å². The molecule has 0 saturated carbocycles. The normalized spacial score (nSPS) is 26.9. The zero-order valence-electron chi connectivity index (χ0n) is 11.5. The molecule has 0 aromatic rings. The average Bonchev–Trinajstić information content (AvgIpc) is 2.61. The highest BCUT2D eigenvalue weighted by Crippen LogP contribution is 2.28. The highest BCUT2D eigenvalue weighted by Gasteiger charge is 2.39. The number of likely N-dealkylation sites (tertiary alicyclic amines) is 1. The minimum atomic E-state index is -0.547. The number of rotatable bonds is 2. The van der Waals surface area contributed by atoms with Crippen molar-refractivity contribution in [1.29, 1.82) is 0 Å². The maximum absolute atomic E-state index is 11.9. The summed E-state index contributed by atoms with van der Waals surface area (Å²) in [7, 11) is 0. The topological polar surface area (TPSA) is 61.8 Å². The summed E-state index contributed by atoms with van der Waals surface area (Å²) >= 11 is 0. The van der Waals surface area contributed by atoms with E-state index in [0.29, 0.717) is 25.6 Å². The number of β-amino-alcohol motifs (C(OH)–C–C–N with tert-alkyl or cyclic N) is 1. The molecule has 5 heteroatoms. The van der Waals surface area contributed by atoms with Crippen LogP contribution in [0.15, 0.2) is 0 Å². The summed E-state index contributed by atoms with van der Waals surface area (Å²) in [4.78, 5) is 13.6. The van der Waals surface area contributed by atoms with Crippen molar-refractivity contribution < 1.29 is 14.6 Å². The van der Waals surface area contributed by atoms with Crippen LogP contribution in [0.4, 0.5) is 4.79 Å². The number of nitrogens with one attached hydrogen (secondary N) is 1. The predicted octanol–water partition coefficient (Wildman–Crippen LogP) is 0.968. The average molecular weight is 256 g/mol. The first kappa shape index (κ1) is 13.6. The number of hydrogen-bond acceptors (Lipinski definition) is 4. The van der Waals surface area contributed by atoms with Crippen molar-refractivity contribution >= 4 is 6.09 Å². The lowest BCUT2D eigenvalue weighted by Gasteiger charge is -2.39. The SMILES string of the molecule is CC(C)(C)OC(=O)N1CCC(CC2(O)CNC2)C1. The molecule has 18 heavy (non-hydrogen) atoms. The van der Waals surface area contributed by atoms with Crippen molar-refractivity contribution in [2.24, 2.45) is 5.92 Å². The van der Waals surface area contributed by atoms with Gasteiger partial charge < -0.3 is 20.1 Å². The van der Waals surface area contributed by atoms with Gasteiger partial charge in [0, 0.05) is 26.2 Å². The third-order valence-corrected chi connectivity index (χ3v) is 3.51. The van der Waals surface area contributed by atoms with E-state index in [1.807, 2.05) is 20.8 Å². The van der Waals surface area contributed by atoms with Gasteiger partial charge in [0.1, 0.15) is 5.60 Å². The molecule has 5 nitrogen and oxygen atoms in total. The second-order valence-corrected chi connectivity index (χ2v) is 6.61. The van der Waals surface area contributed by atoms with E-state index in [1.54, 1.807) is 4.90 Å². The quantitative estimate of drug-likeness (QED) is 0.773. The Labute approximate surface area is 108 Å². The van der Waals surface area contributed by atoms with Gasteiger partial charge in [-0.3, -0.25) is 0 Å². The standard InChI is InChI=1S/C13H24N2O3/c1-12(2,3)18-11(16)15-5-4-10(7-15)6-13(17)8-14-9-13/h10,14,17H,4-9H2,1-3H3. The van der Waals surface area contributed by atoms with Gasteiger partial charge in [0.25, 0.3) is 0 Å². The van der Waals surface area contributed by atoms with Gasteiger partial charge in [-0.05, 0) is 39.5 Å². The van der Waals surface area contributed by atoms with Crippen LogP contribution >= 0.6 is 0 Å². The summed E-state index contributed by atoms with van der Waals surface area (Å²) in [5.41, 5.74) is -0.986. The lowest BCUT2D eigenvalue weighted by molar-refractivity contribution is -0.0299. The molecule has 2 aliphatic heterocycles. The molecule has 0 radical (unpaired) electrons. The summed E-state index contributed by atoms with van der Waals surface area (Å²) < 4.78 is 5.35. The monoisotopic (exact) mass is 256 g/mol. The minimum absolute atomic E-state index is 0.233. The zero-order valence-corrected chi connectivity index (χ0v) is 11.5. The minimum Gasteiger partial charge on any atom is -0.444 e. The van der Waals surface area contributed by atoms with Crippen LogP contribution in [0.2, 0.25) is 0 Å². The van der Waals surface area contributed by atoms with Gasteiger partial charge in [0.2, 0.25) is 0 Å². The van der Waals surface area contributed by atoms with E-state index in [-0.39, 0.29) is 6.09 Å². The van der Waals surface area contributed by atoms with Gasteiger partial charge in [-0.2, -0.15) is 0 Å². The highest BCUT2D eigenvalue weighted by molar-refractivity contribution is 5.68. The Bertz CT molecular complexity index is 321. The molecule has 1 unspecified atom stereocenters. The van der Waals surface area contributed by atoms with Crippen LogP contribution in [0.1, 0.15) is 33.6 Å². The largest absolute Gasteiger partial charge is 0.444 e. The van der Waals surface area contributed by atoms with Gasteiger partial charge in [-0.15, -0.1) is 0 Å². The van der Waals surface area contributed by atoms with Crippen LogP contribution in [0.5, 0.6) is 0 Å². The molecule has 0 bridgehead atoms. The molecule has 2 saturated heterocycles. The zero-order chi connectivity index (χ0) is 13.4. The van der Waals surface area contributed by atoms with Crippen LogP contribution in [-0.4, -0.2) is 53.5 Å². The Hall–Kier alpha value is -0.810. The molecule has 2 aliphatic rings.